The number of rotatable bonds is 6. The van der Waals surface area contributed by atoms with Gasteiger partial charge in [-0.3, -0.25) is 0 Å². The first kappa shape index (κ1) is 15.7. The second-order valence-electron chi connectivity index (χ2n) is 4.51. The van der Waals surface area contributed by atoms with Crippen LogP contribution in [0.3, 0.4) is 0 Å². The molecule has 1 aromatic heterocycles. The summed E-state index contributed by atoms with van der Waals surface area (Å²) in [6, 6.07) is 6.61. The summed E-state index contributed by atoms with van der Waals surface area (Å²) in [4.78, 5) is 8.23. The number of nitrogens with one attached hydrogen (secondary N) is 1. The van der Waals surface area contributed by atoms with Gasteiger partial charge in [0, 0.05) is 6.07 Å². The molecule has 6 heteroatoms. The number of hydrogen-bond donors (Lipinski definition) is 1. The molecule has 0 saturated heterocycles. The highest BCUT2D eigenvalue weighted by Crippen LogP contribution is 2.24. The van der Waals surface area contributed by atoms with Gasteiger partial charge in [-0.2, -0.15) is 0 Å². The third-order valence-corrected chi connectivity index (χ3v) is 3.43. The van der Waals surface area contributed by atoms with Crippen LogP contribution in [0.1, 0.15) is 24.2 Å². The van der Waals surface area contributed by atoms with Crippen LogP contribution in [0.4, 0.5) is 4.39 Å². The van der Waals surface area contributed by atoms with Crippen LogP contribution in [0.2, 0.25) is 5.02 Å². The van der Waals surface area contributed by atoms with Crippen molar-refractivity contribution in [3.63, 3.8) is 0 Å². The molecule has 0 aliphatic rings. The van der Waals surface area contributed by atoms with E-state index < -0.39 is 0 Å². The number of ether oxygens (including phenoxy) is 1. The number of likely N-dealkylation sites (N-methyl/N-ethyl adjacent to an activating group) is 1. The van der Waals surface area contributed by atoms with Gasteiger partial charge in [0.1, 0.15) is 12.1 Å². The summed E-state index contributed by atoms with van der Waals surface area (Å²) in [5.41, 5.74) is 1.30. The lowest BCUT2D eigenvalue weighted by molar-refractivity contribution is 0.393. The molecule has 112 valence electrons. The number of aromatic nitrogens is 2. The average Bonchev–Trinajstić information content (AvgIpc) is 2.51. The zero-order chi connectivity index (χ0) is 15.2. The number of methoxy groups -OCH3 is 1. The Morgan fingerprint density at radius 3 is 2.90 bits per heavy atom. The van der Waals surface area contributed by atoms with E-state index in [0.29, 0.717) is 17.9 Å². The Kier molecular flexibility index (Phi) is 5.47. The average molecular weight is 310 g/mol. The molecule has 0 fully saturated rings. The molecule has 0 spiro atoms. The van der Waals surface area contributed by atoms with E-state index in [1.807, 2.05) is 6.92 Å². The van der Waals surface area contributed by atoms with Gasteiger partial charge in [-0.25, -0.2) is 14.4 Å². The third-order valence-electron chi connectivity index (χ3n) is 3.14. The van der Waals surface area contributed by atoms with Crippen molar-refractivity contribution in [3.05, 3.63) is 52.7 Å². The predicted molar refractivity (Wildman–Crippen MR) is 80.1 cm³/mol. The first-order valence-corrected chi connectivity index (χ1v) is 7.05. The van der Waals surface area contributed by atoms with E-state index in [9.17, 15) is 4.39 Å². The molecule has 0 aliphatic carbocycles. The van der Waals surface area contributed by atoms with Crippen LogP contribution in [0, 0.1) is 5.82 Å². The number of halogens is 2. The Morgan fingerprint density at radius 1 is 1.38 bits per heavy atom. The molecule has 0 aliphatic heterocycles. The highest BCUT2D eigenvalue weighted by Gasteiger charge is 2.17. The molecule has 4 nitrogen and oxygen atoms in total. The van der Waals surface area contributed by atoms with Gasteiger partial charge >= 0.3 is 0 Å². The van der Waals surface area contributed by atoms with Crippen LogP contribution in [0.15, 0.2) is 30.6 Å². The zero-order valence-electron chi connectivity index (χ0n) is 11.9. The minimum absolute atomic E-state index is 0.128. The lowest BCUT2D eigenvalue weighted by Crippen LogP contribution is -2.24. The van der Waals surface area contributed by atoms with Crippen LogP contribution >= 0.6 is 11.6 Å². The van der Waals surface area contributed by atoms with Gasteiger partial charge in [-0.1, -0.05) is 30.7 Å². The number of nitrogens with zero attached hydrogens (tertiary/aromatic N) is 2. The predicted octanol–water partition coefficient (Wildman–Crippen LogP) is 3.17. The van der Waals surface area contributed by atoms with Crippen LogP contribution in [-0.2, 0) is 6.42 Å². The van der Waals surface area contributed by atoms with Crippen molar-refractivity contribution in [2.24, 2.45) is 0 Å². The smallest absolute Gasteiger partial charge is 0.216 e. The Morgan fingerprint density at radius 2 is 2.19 bits per heavy atom. The van der Waals surface area contributed by atoms with Crippen molar-refractivity contribution >= 4 is 11.6 Å². The SMILES string of the molecule is CCNC(Cc1cccc(Cl)c1F)c1cc(OC)ncn1. The van der Waals surface area contributed by atoms with E-state index in [1.54, 1.807) is 25.3 Å². The number of benzene rings is 1. The lowest BCUT2D eigenvalue weighted by Gasteiger charge is -2.18. The van der Waals surface area contributed by atoms with Crippen molar-refractivity contribution in [1.82, 2.24) is 15.3 Å². The second-order valence-corrected chi connectivity index (χ2v) is 4.92. The van der Waals surface area contributed by atoms with E-state index in [4.69, 9.17) is 16.3 Å². The van der Waals surface area contributed by atoms with Gasteiger partial charge in [0.25, 0.3) is 0 Å². The minimum Gasteiger partial charge on any atom is -0.481 e. The molecule has 1 heterocycles. The van der Waals surface area contributed by atoms with Crippen molar-refractivity contribution in [3.8, 4) is 5.88 Å². The molecular formula is C15H17ClFN3O. The van der Waals surface area contributed by atoms with Gasteiger partial charge in [0.15, 0.2) is 0 Å². The maximum atomic E-state index is 14.0. The molecule has 1 unspecified atom stereocenters. The maximum absolute atomic E-state index is 14.0. The lowest BCUT2D eigenvalue weighted by atomic mass is 10.0. The van der Waals surface area contributed by atoms with E-state index >= 15 is 0 Å². The molecule has 0 amide bonds. The summed E-state index contributed by atoms with van der Waals surface area (Å²) in [7, 11) is 1.55. The van der Waals surface area contributed by atoms with Crippen molar-refractivity contribution in [2.75, 3.05) is 13.7 Å². The second kappa shape index (κ2) is 7.33. The largest absolute Gasteiger partial charge is 0.481 e. The van der Waals surface area contributed by atoms with Gasteiger partial charge in [-0.15, -0.1) is 0 Å². The molecule has 1 N–H and O–H groups in total. The number of hydrogen-bond acceptors (Lipinski definition) is 4. The Hall–Kier alpha value is -1.72. The summed E-state index contributed by atoms with van der Waals surface area (Å²) in [6.07, 6.45) is 1.88. The van der Waals surface area contributed by atoms with Crippen molar-refractivity contribution in [1.29, 1.82) is 0 Å². The van der Waals surface area contributed by atoms with Crippen LogP contribution in [0.5, 0.6) is 5.88 Å². The van der Waals surface area contributed by atoms with Gasteiger partial charge in [0.2, 0.25) is 5.88 Å². The van der Waals surface area contributed by atoms with Crippen LogP contribution < -0.4 is 10.1 Å². The molecule has 0 saturated carbocycles. The van der Waals surface area contributed by atoms with Crippen molar-refractivity contribution < 1.29 is 9.13 Å². The molecule has 0 radical (unpaired) electrons. The zero-order valence-corrected chi connectivity index (χ0v) is 12.7. The fraction of sp³-hybridized carbons (Fsp3) is 0.333. The van der Waals surface area contributed by atoms with Gasteiger partial charge < -0.3 is 10.1 Å². The molecule has 21 heavy (non-hydrogen) atoms. The van der Waals surface area contributed by atoms with Gasteiger partial charge in [0.05, 0.1) is 23.9 Å². The summed E-state index contributed by atoms with van der Waals surface area (Å²) < 4.78 is 19.1. The Balaban J connectivity index is 2.28. The Bertz CT molecular complexity index is 609. The van der Waals surface area contributed by atoms with Crippen LogP contribution in [0.25, 0.3) is 0 Å². The Labute approximate surface area is 128 Å². The fourth-order valence-corrected chi connectivity index (χ4v) is 2.30. The first-order valence-electron chi connectivity index (χ1n) is 6.68. The summed E-state index contributed by atoms with van der Waals surface area (Å²) in [6.45, 7) is 2.72. The van der Waals surface area contributed by atoms with E-state index in [1.165, 1.54) is 12.4 Å². The summed E-state index contributed by atoms with van der Waals surface area (Å²) >= 11 is 5.83. The molecule has 2 aromatic rings. The standard InChI is InChI=1S/C15H17ClFN3O/c1-3-18-12(13-8-14(21-2)20-9-19-13)7-10-5-4-6-11(16)15(10)17/h4-6,8-9,12,18H,3,7H2,1-2H3. The highest BCUT2D eigenvalue weighted by molar-refractivity contribution is 6.30. The first-order chi connectivity index (χ1) is 10.2. The fourth-order valence-electron chi connectivity index (χ4n) is 2.11. The quantitative estimate of drug-likeness (QED) is 0.890. The summed E-state index contributed by atoms with van der Waals surface area (Å²) in [5, 5.41) is 3.42. The minimum atomic E-state index is -0.386. The molecular weight excluding hydrogens is 293 g/mol. The van der Waals surface area contributed by atoms with Crippen molar-refractivity contribution in [2.45, 2.75) is 19.4 Å². The normalized spacial score (nSPS) is 12.2. The van der Waals surface area contributed by atoms with Gasteiger partial charge in [-0.05, 0) is 24.6 Å². The van der Waals surface area contributed by atoms with E-state index in [2.05, 4.69) is 15.3 Å². The highest BCUT2D eigenvalue weighted by atomic mass is 35.5. The van der Waals surface area contributed by atoms with E-state index in [0.717, 1.165) is 12.2 Å². The molecule has 1 aromatic carbocycles. The monoisotopic (exact) mass is 309 g/mol. The molecule has 2 rings (SSSR count). The molecule has 1 atom stereocenters. The molecule has 0 bridgehead atoms. The third kappa shape index (κ3) is 3.89. The summed E-state index contributed by atoms with van der Waals surface area (Å²) in [5.74, 6) is 0.0950. The maximum Gasteiger partial charge on any atom is 0.216 e. The van der Waals surface area contributed by atoms with E-state index in [-0.39, 0.29) is 16.9 Å². The topological polar surface area (TPSA) is 47.0 Å². The van der Waals surface area contributed by atoms with Crippen LogP contribution in [-0.4, -0.2) is 23.6 Å².